The Kier molecular flexibility index (Phi) is 4.19. The van der Waals surface area contributed by atoms with Gasteiger partial charge in [-0.05, 0) is 17.2 Å². The molecule has 1 aromatic carbocycles. The number of thioether (sulfide) groups is 1. The molecule has 134 valence electrons. The molecule has 4 rings (SSSR count). The Labute approximate surface area is 156 Å². The molecule has 0 bridgehead atoms. The van der Waals surface area contributed by atoms with Gasteiger partial charge in [0, 0.05) is 17.7 Å². The zero-order valence-corrected chi connectivity index (χ0v) is 16.3. The fourth-order valence-electron chi connectivity index (χ4n) is 2.96. The Morgan fingerprint density at radius 3 is 2.58 bits per heavy atom. The average Bonchev–Trinajstić information content (AvgIpc) is 3.25. The maximum Gasteiger partial charge on any atom is 0.185 e. The number of hydrogen-bond acceptors (Lipinski definition) is 5. The van der Waals surface area contributed by atoms with Gasteiger partial charge in [0.2, 0.25) is 0 Å². The van der Waals surface area contributed by atoms with Gasteiger partial charge in [-0.3, -0.25) is 0 Å². The van der Waals surface area contributed by atoms with Crippen LogP contribution in [0.1, 0.15) is 32.2 Å². The van der Waals surface area contributed by atoms with Crippen LogP contribution in [0.15, 0.2) is 30.6 Å². The summed E-state index contributed by atoms with van der Waals surface area (Å²) in [5, 5.41) is 4.74. The second-order valence-corrected chi connectivity index (χ2v) is 8.36. The van der Waals surface area contributed by atoms with Gasteiger partial charge in [0.15, 0.2) is 17.1 Å². The number of hydrogen-bond donors (Lipinski definition) is 1. The average molecular weight is 366 g/mol. The van der Waals surface area contributed by atoms with Gasteiger partial charge in [0.05, 0.1) is 6.33 Å². The van der Waals surface area contributed by atoms with Gasteiger partial charge in [0.25, 0.3) is 0 Å². The van der Waals surface area contributed by atoms with E-state index in [4.69, 9.17) is 10.1 Å². The van der Waals surface area contributed by atoms with Gasteiger partial charge in [-0.1, -0.05) is 45.0 Å². The molecule has 0 aliphatic carbocycles. The lowest BCUT2D eigenvalue weighted by Crippen LogP contribution is -2.10. The zero-order chi connectivity index (χ0) is 18.3. The van der Waals surface area contributed by atoms with E-state index in [1.165, 1.54) is 5.56 Å². The Morgan fingerprint density at radius 2 is 1.88 bits per heavy atom. The first-order valence-corrected chi connectivity index (χ1v) is 10.1. The molecule has 4 aromatic rings. The van der Waals surface area contributed by atoms with Gasteiger partial charge >= 0.3 is 0 Å². The van der Waals surface area contributed by atoms with Crippen molar-refractivity contribution in [1.29, 1.82) is 0 Å². The molecule has 0 saturated heterocycles. The topological polar surface area (TPSA) is 71.8 Å². The van der Waals surface area contributed by atoms with Crippen molar-refractivity contribution in [3.8, 4) is 11.4 Å². The van der Waals surface area contributed by atoms with Crippen LogP contribution in [-0.2, 0) is 11.8 Å². The first-order valence-electron chi connectivity index (χ1n) is 8.66. The molecule has 0 fully saturated rings. The molecule has 0 amide bonds. The molecule has 1 N–H and O–H groups in total. The lowest BCUT2D eigenvalue weighted by Gasteiger charge is -2.18. The van der Waals surface area contributed by atoms with Crippen LogP contribution in [0, 0.1) is 0 Å². The first-order chi connectivity index (χ1) is 12.5. The minimum Gasteiger partial charge on any atom is -0.340 e. The normalized spacial score (nSPS) is 12.3. The van der Waals surface area contributed by atoms with Crippen LogP contribution >= 0.6 is 11.8 Å². The third-order valence-corrected chi connectivity index (χ3v) is 5.08. The molecule has 26 heavy (non-hydrogen) atoms. The molecular formula is C19H22N6S. The van der Waals surface area contributed by atoms with Crippen molar-refractivity contribution >= 4 is 28.6 Å². The Hall–Kier alpha value is -2.41. The molecule has 0 atom stereocenters. The lowest BCUT2D eigenvalue weighted by atomic mass is 9.87. The predicted octanol–water partition coefficient (Wildman–Crippen LogP) is 3.87. The van der Waals surface area contributed by atoms with Crippen LogP contribution in [0.25, 0.3) is 28.2 Å². The predicted molar refractivity (Wildman–Crippen MR) is 107 cm³/mol. The number of aromatic nitrogens is 6. The molecule has 0 spiro atoms. The molecule has 0 aliphatic rings. The van der Waals surface area contributed by atoms with E-state index < -0.39 is 0 Å². The van der Waals surface area contributed by atoms with Crippen LogP contribution in [0.4, 0.5) is 0 Å². The van der Waals surface area contributed by atoms with E-state index in [1.807, 2.05) is 4.52 Å². The van der Waals surface area contributed by atoms with E-state index in [0.29, 0.717) is 11.5 Å². The van der Waals surface area contributed by atoms with Crippen LogP contribution < -0.4 is 0 Å². The van der Waals surface area contributed by atoms with Crippen LogP contribution in [0.2, 0.25) is 0 Å². The molecule has 0 radical (unpaired) electrons. The SMILES string of the molecule is CSCCc1nc2nc[nH]c2c2nc(-c3ccc(C(C)(C)C)cc3)nn12. The zero-order valence-electron chi connectivity index (χ0n) is 15.4. The summed E-state index contributed by atoms with van der Waals surface area (Å²) in [6.07, 6.45) is 4.57. The van der Waals surface area contributed by atoms with E-state index in [1.54, 1.807) is 18.1 Å². The number of benzene rings is 1. The fraction of sp³-hybridized carbons (Fsp3) is 0.368. The quantitative estimate of drug-likeness (QED) is 0.593. The van der Waals surface area contributed by atoms with E-state index in [0.717, 1.165) is 34.7 Å². The summed E-state index contributed by atoms with van der Waals surface area (Å²) in [6.45, 7) is 6.64. The monoisotopic (exact) mass is 366 g/mol. The summed E-state index contributed by atoms with van der Waals surface area (Å²) in [7, 11) is 0. The number of aryl methyl sites for hydroxylation is 1. The molecule has 6 nitrogen and oxygen atoms in total. The molecular weight excluding hydrogens is 344 g/mol. The molecule has 3 aromatic heterocycles. The van der Waals surface area contributed by atoms with Gasteiger partial charge in [-0.25, -0.2) is 15.0 Å². The number of aromatic amines is 1. The van der Waals surface area contributed by atoms with Crippen molar-refractivity contribution < 1.29 is 0 Å². The number of rotatable bonds is 4. The highest BCUT2D eigenvalue weighted by molar-refractivity contribution is 7.98. The highest BCUT2D eigenvalue weighted by atomic mass is 32.2. The summed E-state index contributed by atoms with van der Waals surface area (Å²) in [5.74, 6) is 2.58. The van der Waals surface area contributed by atoms with Crippen molar-refractivity contribution in [3.63, 3.8) is 0 Å². The maximum absolute atomic E-state index is 4.78. The standard InChI is InChI=1S/C19H22N6S/c1-19(2,3)13-7-5-12(6-8-13)16-23-18-15-17(21-11-20-15)22-14(9-10-26-4)25(18)24-16/h5-8,11H,9-10H2,1-4H3,(H,20,21). The maximum atomic E-state index is 4.78. The van der Waals surface area contributed by atoms with Crippen molar-refractivity contribution in [2.24, 2.45) is 0 Å². The second-order valence-electron chi connectivity index (χ2n) is 7.37. The number of nitrogens with zero attached hydrogens (tertiary/aromatic N) is 5. The Morgan fingerprint density at radius 1 is 1.12 bits per heavy atom. The summed E-state index contributed by atoms with van der Waals surface area (Å²) in [6, 6.07) is 8.49. The molecule has 7 heteroatoms. The van der Waals surface area contributed by atoms with Crippen molar-refractivity contribution in [1.82, 2.24) is 29.5 Å². The van der Waals surface area contributed by atoms with Crippen LogP contribution in [0.5, 0.6) is 0 Å². The third kappa shape index (κ3) is 2.96. The first kappa shape index (κ1) is 17.0. The Bertz CT molecular complexity index is 1060. The molecule has 0 unspecified atom stereocenters. The van der Waals surface area contributed by atoms with E-state index in [9.17, 15) is 0 Å². The van der Waals surface area contributed by atoms with Gasteiger partial charge in [-0.15, -0.1) is 5.10 Å². The van der Waals surface area contributed by atoms with E-state index in [2.05, 4.69) is 66.2 Å². The number of H-pyrrole nitrogens is 1. The summed E-state index contributed by atoms with van der Waals surface area (Å²) in [4.78, 5) is 16.9. The van der Waals surface area contributed by atoms with Crippen molar-refractivity contribution in [2.45, 2.75) is 32.6 Å². The lowest BCUT2D eigenvalue weighted by molar-refractivity contribution is 0.590. The molecule has 0 aliphatic heterocycles. The number of nitrogens with one attached hydrogen (secondary N) is 1. The van der Waals surface area contributed by atoms with Gasteiger partial charge in [0.1, 0.15) is 11.3 Å². The highest BCUT2D eigenvalue weighted by Gasteiger charge is 2.17. The minimum atomic E-state index is 0.127. The Balaban J connectivity index is 1.84. The number of fused-ring (bicyclic) bond motifs is 3. The van der Waals surface area contributed by atoms with Crippen LogP contribution in [-0.4, -0.2) is 41.6 Å². The second kappa shape index (κ2) is 6.39. The van der Waals surface area contributed by atoms with E-state index >= 15 is 0 Å². The van der Waals surface area contributed by atoms with Gasteiger partial charge < -0.3 is 4.98 Å². The number of imidazole rings is 1. The van der Waals surface area contributed by atoms with Crippen molar-refractivity contribution in [2.75, 3.05) is 12.0 Å². The fourth-order valence-corrected chi connectivity index (χ4v) is 3.34. The highest BCUT2D eigenvalue weighted by Crippen LogP contribution is 2.26. The third-order valence-electron chi connectivity index (χ3n) is 4.47. The van der Waals surface area contributed by atoms with Gasteiger partial charge in [-0.2, -0.15) is 16.3 Å². The van der Waals surface area contributed by atoms with E-state index in [-0.39, 0.29) is 5.41 Å². The summed E-state index contributed by atoms with van der Waals surface area (Å²) >= 11 is 1.79. The molecule has 3 heterocycles. The minimum absolute atomic E-state index is 0.127. The molecule has 0 saturated carbocycles. The van der Waals surface area contributed by atoms with Crippen molar-refractivity contribution in [3.05, 3.63) is 42.0 Å². The summed E-state index contributed by atoms with van der Waals surface area (Å²) < 4.78 is 1.85. The summed E-state index contributed by atoms with van der Waals surface area (Å²) in [5.41, 5.74) is 4.72. The largest absolute Gasteiger partial charge is 0.340 e. The smallest absolute Gasteiger partial charge is 0.185 e. The van der Waals surface area contributed by atoms with Crippen LogP contribution in [0.3, 0.4) is 0 Å².